The molecule has 0 aliphatic carbocycles. The van der Waals surface area contributed by atoms with E-state index in [9.17, 15) is 19.4 Å². The Labute approximate surface area is 484 Å². The molecule has 78 heavy (non-hydrogen) atoms. The van der Waals surface area contributed by atoms with Crippen LogP contribution in [-0.4, -0.2) is 73.4 Å². The number of nitrogens with one attached hydrogen (secondary N) is 1. The predicted molar refractivity (Wildman–Crippen MR) is 341 cm³/mol. The fourth-order valence-corrected chi connectivity index (χ4v) is 10.3. The van der Waals surface area contributed by atoms with Crippen molar-refractivity contribution in [1.29, 1.82) is 0 Å². The number of phosphoric ester groups is 1. The van der Waals surface area contributed by atoms with Gasteiger partial charge in [-0.3, -0.25) is 13.8 Å². The number of hydrogen-bond acceptors (Lipinski definition) is 5. The van der Waals surface area contributed by atoms with E-state index in [0.29, 0.717) is 23.9 Å². The summed E-state index contributed by atoms with van der Waals surface area (Å²) >= 11 is 0. The number of aliphatic hydroxyl groups is 1. The lowest BCUT2D eigenvalue weighted by molar-refractivity contribution is -0.870. The van der Waals surface area contributed by atoms with Gasteiger partial charge in [-0.2, -0.15) is 0 Å². The minimum Gasteiger partial charge on any atom is -0.391 e. The number of carbonyl (C=O) groups excluding carboxylic acids is 1. The first kappa shape index (κ1) is 75.7. The zero-order chi connectivity index (χ0) is 57.0. The molecule has 0 aliphatic heterocycles. The van der Waals surface area contributed by atoms with Crippen molar-refractivity contribution in [3.05, 3.63) is 85.1 Å². The Bertz CT molecular complexity index is 1550. The van der Waals surface area contributed by atoms with E-state index in [0.717, 1.165) is 89.9 Å². The summed E-state index contributed by atoms with van der Waals surface area (Å²) in [6.45, 7) is 4.80. The van der Waals surface area contributed by atoms with Gasteiger partial charge in [0.2, 0.25) is 5.91 Å². The number of phosphoric acid groups is 1. The molecule has 0 aliphatic rings. The van der Waals surface area contributed by atoms with E-state index in [4.69, 9.17) is 9.05 Å². The summed E-state index contributed by atoms with van der Waals surface area (Å²) in [7, 11) is 1.61. The Kier molecular flexibility index (Phi) is 57.5. The van der Waals surface area contributed by atoms with Crippen LogP contribution in [0.5, 0.6) is 0 Å². The van der Waals surface area contributed by atoms with Crippen molar-refractivity contribution >= 4 is 13.7 Å². The molecule has 0 aromatic heterocycles. The van der Waals surface area contributed by atoms with Crippen molar-refractivity contribution in [3.8, 4) is 0 Å². The van der Waals surface area contributed by atoms with Gasteiger partial charge < -0.3 is 19.8 Å². The summed E-state index contributed by atoms with van der Waals surface area (Å²) in [5.41, 5.74) is 0. The van der Waals surface area contributed by atoms with Crippen molar-refractivity contribution in [3.63, 3.8) is 0 Å². The van der Waals surface area contributed by atoms with Crippen molar-refractivity contribution in [1.82, 2.24) is 5.32 Å². The van der Waals surface area contributed by atoms with Gasteiger partial charge in [-0.15, -0.1) is 0 Å². The summed E-state index contributed by atoms with van der Waals surface area (Å²) < 4.78 is 23.9. The number of likely N-dealkylation sites (N-methyl/N-ethyl adjacent to an activating group) is 1. The van der Waals surface area contributed by atoms with Crippen LogP contribution in [0.2, 0.25) is 0 Å². The molecule has 1 amide bonds. The fraction of sp³-hybridized carbons (Fsp3) is 0.783. The van der Waals surface area contributed by atoms with Crippen LogP contribution in [0.3, 0.4) is 0 Å². The number of carbonyl (C=O) groups is 1. The monoisotopic (exact) mass is 1110 g/mol. The van der Waals surface area contributed by atoms with Crippen molar-refractivity contribution < 1.29 is 32.9 Å². The van der Waals surface area contributed by atoms with Crippen LogP contribution < -0.4 is 5.32 Å². The van der Waals surface area contributed by atoms with Crippen molar-refractivity contribution in [2.24, 2.45) is 0 Å². The quantitative estimate of drug-likeness (QED) is 0.0243. The van der Waals surface area contributed by atoms with Gasteiger partial charge in [0, 0.05) is 6.42 Å². The molecule has 0 radical (unpaired) electrons. The first-order valence-corrected chi connectivity index (χ1v) is 34.4. The zero-order valence-electron chi connectivity index (χ0n) is 51.9. The molecular formula is C69H128N2O6P+. The highest BCUT2D eigenvalue weighted by Crippen LogP contribution is 2.43. The molecular weight excluding hydrogens is 984 g/mol. The second kappa shape index (κ2) is 59.3. The van der Waals surface area contributed by atoms with E-state index in [2.05, 4.69) is 104 Å². The molecule has 3 N–H and O–H groups in total. The summed E-state index contributed by atoms with van der Waals surface area (Å²) in [4.78, 5) is 23.4. The lowest BCUT2D eigenvalue weighted by Crippen LogP contribution is -2.46. The van der Waals surface area contributed by atoms with E-state index in [1.54, 1.807) is 0 Å². The first-order chi connectivity index (χ1) is 38.0. The maximum Gasteiger partial charge on any atom is 0.472 e. The number of amides is 1. The number of unbranched alkanes of at least 4 members (excludes halogenated alkanes) is 33. The highest BCUT2D eigenvalue weighted by Gasteiger charge is 2.28. The van der Waals surface area contributed by atoms with Crippen LogP contribution >= 0.6 is 7.82 Å². The molecule has 0 aromatic rings. The van der Waals surface area contributed by atoms with Gasteiger partial charge >= 0.3 is 7.82 Å². The van der Waals surface area contributed by atoms with E-state index in [1.807, 2.05) is 21.1 Å². The van der Waals surface area contributed by atoms with Gasteiger partial charge in [0.25, 0.3) is 0 Å². The standard InChI is InChI=1S/C69H127N2O6P/c1-6-8-10-12-14-16-18-20-22-24-26-28-30-32-33-34-35-36-37-39-41-43-45-47-49-51-53-55-57-59-61-63-69(73)70-67(66-77-78(74,75)76-65-64-71(3,4)5)68(72)62-60-58-56-54-52-50-48-46-44-42-40-38-31-29-27-25-23-21-19-17-15-13-11-9-7-2/h8,10,14,16,20,22,26,28,32-33,35-36,39,41,67-68,72H,6-7,9,11-13,15,17-19,21,23-25,27,29-31,34,37-38,40,42-66H2,1-5H3,(H-,70,73,74,75)/p+1/b10-8-,16-14-,22-20-,28-26-,33-32-,36-35-,41-39-. The minimum atomic E-state index is -4.34. The van der Waals surface area contributed by atoms with Gasteiger partial charge in [-0.25, -0.2) is 4.57 Å². The van der Waals surface area contributed by atoms with Gasteiger partial charge in [0.15, 0.2) is 0 Å². The molecule has 3 unspecified atom stereocenters. The maximum absolute atomic E-state index is 13.1. The van der Waals surface area contributed by atoms with E-state index in [-0.39, 0.29) is 19.1 Å². The molecule has 0 saturated heterocycles. The molecule has 0 heterocycles. The normalized spacial score (nSPS) is 14.3. The number of rotatable bonds is 60. The van der Waals surface area contributed by atoms with E-state index >= 15 is 0 Å². The molecule has 0 rings (SSSR count). The molecule has 0 saturated carbocycles. The molecule has 454 valence electrons. The van der Waals surface area contributed by atoms with Crippen molar-refractivity contribution in [2.75, 3.05) is 40.9 Å². The molecule has 9 heteroatoms. The topological polar surface area (TPSA) is 105 Å². The fourth-order valence-electron chi connectivity index (χ4n) is 9.56. The first-order valence-electron chi connectivity index (χ1n) is 33.0. The van der Waals surface area contributed by atoms with Gasteiger partial charge in [0.1, 0.15) is 13.2 Å². The van der Waals surface area contributed by atoms with Gasteiger partial charge in [-0.05, 0) is 70.6 Å². The summed E-state index contributed by atoms with van der Waals surface area (Å²) in [5, 5.41) is 14.1. The predicted octanol–water partition coefficient (Wildman–Crippen LogP) is 20.8. The molecule has 0 bridgehead atoms. The molecule has 8 nitrogen and oxygen atoms in total. The Morgan fingerprint density at radius 2 is 0.769 bits per heavy atom. The Morgan fingerprint density at radius 3 is 1.13 bits per heavy atom. The summed E-state index contributed by atoms with van der Waals surface area (Å²) in [5.74, 6) is -0.150. The average Bonchev–Trinajstić information content (AvgIpc) is 3.41. The third-order valence-corrected chi connectivity index (χ3v) is 15.6. The third kappa shape index (κ3) is 61.3. The second-order valence-electron chi connectivity index (χ2n) is 23.5. The smallest absolute Gasteiger partial charge is 0.391 e. The third-order valence-electron chi connectivity index (χ3n) is 14.7. The number of aliphatic hydroxyl groups excluding tert-OH is 1. The van der Waals surface area contributed by atoms with Crippen LogP contribution in [0.4, 0.5) is 0 Å². The molecule has 0 aromatic carbocycles. The molecule has 3 atom stereocenters. The van der Waals surface area contributed by atoms with Crippen LogP contribution in [0.15, 0.2) is 85.1 Å². The Hall–Kier alpha value is -2.32. The zero-order valence-corrected chi connectivity index (χ0v) is 52.8. The maximum atomic E-state index is 13.1. The van der Waals surface area contributed by atoms with Crippen LogP contribution in [-0.2, 0) is 18.4 Å². The number of allylic oxidation sites excluding steroid dienone is 14. The number of hydrogen-bond donors (Lipinski definition) is 3. The summed E-state index contributed by atoms with van der Waals surface area (Å²) in [6.07, 6.45) is 83.7. The largest absolute Gasteiger partial charge is 0.472 e. The second-order valence-corrected chi connectivity index (χ2v) is 24.9. The lowest BCUT2D eigenvalue weighted by atomic mass is 10.0. The average molecular weight is 1110 g/mol. The van der Waals surface area contributed by atoms with Gasteiger partial charge in [-0.1, -0.05) is 304 Å². The SMILES string of the molecule is CC/C=C\C/C=C\C/C=C\C/C=C\C/C=C\C/C=C\C/C=C\CCCCCCCCCCCC(=O)NC(COP(=O)(O)OCC[N+](C)(C)C)C(O)CCCCCCCCCCCCCCCCCCCCCCCCCCC. The van der Waals surface area contributed by atoms with Crippen LogP contribution in [0.1, 0.15) is 296 Å². The Balaban J connectivity index is 4.13. The van der Waals surface area contributed by atoms with Crippen LogP contribution in [0, 0.1) is 0 Å². The summed E-state index contributed by atoms with van der Waals surface area (Å²) in [6, 6.07) is -0.771. The van der Waals surface area contributed by atoms with Crippen molar-refractivity contribution in [2.45, 2.75) is 309 Å². The molecule has 0 fully saturated rings. The highest BCUT2D eigenvalue weighted by molar-refractivity contribution is 7.47. The van der Waals surface area contributed by atoms with Gasteiger partial charge in [0.05, 0.1) is 39.9 Å². The van der Waals surface area contributed by atoms with E-state index in [1.165, 1.54) is 180 Å². The number of quaternary nitrogens is 1. The lowest BCUT2D eigenvalue weighted by Gasteiger charge is -2.26. The Morgan fingerprint density at radius 1 is 0.449 bits per heavy atom. The minimum absolute atomic E-state index is 0.0703. The number of nitrogens with zero attached hydrogens (tertiary/aromatic N) is 1. The van der Waals surface area contributed by atoms with Crippen LogP contribution in [0.25, 0.3) is 0 Å². The highest BCUT2D eigenvalue weighted by atomic mass is 31.2. The van der Waals surface area contributed by atoms with E-state index < -0.39 is 20.0 Å². The molecule has 0 spiro atoms.